The molecule has 0 aliphatic rings. The Morgan fingerprint density at radius 3 is 2.73 bits per heavy atom. The number of hydrogen-bond acceptors (Lipinski definition) is 9. The number of imidazole rings is 1. The van der Waals surface area contributed by atoms with Crippen LogP contribution in [-0.4, -0.2) is 51.7 Å². The van der Waals surface area contributed by atoms with E-state index in [1.54, 1.807) is 24.7 Å². The molecule has 0 aliphatic carbocycles. The van der Waals surface area contributed by atoms with E-state index < -0.39 is 18.0 Å². The third kappa shape index (κ3) is 4.54. The van der Waals surface area contributed by atoms with Crippen LogP contribution in [0.3, 0.4) is 0 Å². The Bertz CT molecular complexity index is 1330. The number of nitrogen functional groups attached to an aromatic ring is 1. The fourth-order valence-corrected chi connectivity index (χ4v) is 3.47. The van der Waals surface area contributed by atoms with Gasteiger partial charge in [-0.25, -0.2) is 24.5 Å². The van der Waals surface area contributed by atoms with Crippen LogP contribution >= 0.6 is 0 Å². The number of fused-ring (bicyclic) bond motifs is 2. The minimum atomic E-state index is -4.67. The highest BCUT2D eigenvalue weighted by Gasteiger charge is 2.37. The molecule has 0 amide bonds. The fourth-order valence-electron chi connectivity index (χ4n) is 3.47. The van der Waals surface area contributed by atoms with E-state index in [4.69, 9.17) is 10.5 Å². The molecule has 0 saturated heterocycles. The molecule has 174 valence electrons. The predicted octanol–water partition coefficient (Wildman–Crippen LogP) is 2.05. The van der Waals surface area contributed by atoms with Crippen molar-refractivity contribution in [3.8, 4) is 0 Å². The van der Waals surface area contributed by atoms with Gasteiger partial charge in [0.1, 0.15) is 11.8 Å². The summed E-state index contributed by atoms with van der Waals surface area (Å²) < 4.78 is 46.8. The van der Waals surface area contributed by atoms with Crippen molar-refractivity contribution in [1.29, 1.82) is 0 Å². The molecule has 0 unspecified atom stereocenters. The molecule has 0 saturated carbocycles. The number of aromatic nitrogens is 8. The predicted molar refractivity (Wildman–Crippen MR) is 109 cm³/mol. The maximum atomic E-state index is 12.9. The van der Waals surface area contributed by atoms with Crippen LogP contribution in [0.25, 0.3) is 16.9 Å². The van der Waals surface area contributed by atoms with Crippen LogP contribution in [0.5, 0.6) is 0 Å². The second-order valence-corrected chi connectivity index (χ2v) is 7.35. The summed E-state index contributed by atoms with van der Waals surface area (Å²) in [4.78, 5) is 31.9. The molecular formula is C19H20F3N9O2. The Hall–Kier alpha value is -3.84. The molecule has 0 bridgehead atoms. The van der Waals surface area contributed by atoms with Gasteiger partial charge < -0.3 is 15.0 Å². The topological polar surface area (TPSA) is 139 Å². The van der Waals surface area contributed by atoms with Crippen LogP contribution < -0.4 is 5.73 Å². The highest BCUT2D eigenvalue weighted by molar-refractivity contribution is 5.81. The molecule has 4 aromatic rings. The van der Waals surface area contributed by atoms with Gasteiger partial charge in [0.25, 0.3) is 11.6 Å². The molecule has 4 heterocycles. The zero-order valence-corrected chi connectivity index (χ0v) is 17.8. The second-order valence-electron chi connectivity index (χ2n) is 7.35. The number of hydrogen-bond donors (Lipinski definition) is 1. The van der Waals surface area contributed by atoms with Crippen molar-refractivity contribution >= 4 is 28.7 Å². The molecule has 0 aromatic carbocycles. The Morgan fingerprint density at radius 1 is 1.18 bits per heavy atom. The van der Waals surface area contributed by atoms with Gasteiger partial charge in [0.05, 0.1) is 12.9 Å². The first-order valence-electron chi connectivity index (χ1n) is 10.0. The van der Waals surface area contributed by atoms with Crippen molar-refractivity contribution in [2.24, 2.45) is 0 Å². The standard InChI is InChI=1S/C19H20F3N9O2/c1-10-12(11(2)31-18(27-10)28-17(29-31)19(20,21)22)4-5-13(32)33-7-3-6-30-9-26-14-15(23)24-8-25-16(14)30/h8-9H,3-7H2,1-2H3,(H2,23,24,25). The number of carbonyl (C=O) groups excluding carboxylic acids is 1. The number of ether oxygens (including phenoxy) is 1. The van der Waals surface area contributed by atoms with E-state index in [1.807, 2.05) is 0 Å². The number of aryl methyl sites for hydroxylation is 3. The minimum absolute atomic E-state index is 0.0491. The normalized spacial score (nSPS) is 12.0. The molecule has 33 heavy (non-hydrogen) atoms. The van der Waals surface area contributed by atoms with Gasteiger partial charge in [-0.1, -0.05) is 0 Å². The lowest BCUT2D eigenvalue weighted by Gasteiger charge is -2.10. The van der Waals surface area contributed by atoms with E-state index in [9.17, 15) is 18.0 Å². The molecular weight excluding hydrogens is 443 g/mol. The highest BCUT2D eigenvalue weighted by Crippen LogP contribution is 2.27. The summed E-state index contributed by atoms with van der Waals surface area (Å²) in [5, 5.41) is 3.50. The fraction of sp³-hybridized carbons (Fsp3) is 0.421. The van der Waals surface area contributed by atoms with Crippen molar-refractivity contribution in [3.63, 3.8) is 0 Å². The first kappa shape index (κ1) is 22.4. The van der Waals surface area contributed by atoms with E-state index in [-0.39, 0.29) is 25.2 Å². The number of esters is 1. The van der Waals surface area contributed by atoms with Crippen molar-refractivity contribution in [2.75, 3.05) is 12.3 Å². The quantitative estimate of drug-likeness (QED) is 0.322. The van der Waals surface area contributed by atoms with E-state index in [2.05, 4.69) is 30.0 Å². The zero-order valence-electron chi connectivity index (χ0n) is 17.8. The Balaban J connectivity index is 1.32. The summed E-state index contributed by atoms with van der Waals surface area (Å²) in [6, 6.07) is 0. The summed E-state index contributed by atoms with van der Waals surface area (Å²) in [5.41, 5.74) is 8.43. The van der Waals surface area contributed by atoms with Gasteiger partial charge in [0.15, 0.2) is 11.5 Å². The minimum Gasteiger partial charge on any atom is -0.466 e. The van der Waals surface area contributed by atoms with E-state index in [1.165, 1.54) is 6.33 Å². The van der Waals surface area contributed by atoms with Crippen molar-refractivity contribution in [2.45, 2.75) is 45.8 Å². The third-order valence-electron chi connectivity index (χ3n) is 5.12. The van der Waals surface area contributed by atoms with Crippen LogP contribution in [0.2, 0.25) is 0 Å². The van der Waals surface area contributed by atoms with Crippen LogP contribution in [-0.2, 0) is 28.7 Å². The number of nitrogens with two attached hydrogens (primary N) is 1. The molecule has 14 heteroatoms. The van der Waals surface area contributed by atoms with Gasteiger partial charge in [0, 0.05) is 24.4 Å². The van der Waals surface area contributed by atoms with E-state index >= 15 is 0 Å². The highest BCUT2D eigenvalue weighted by atomic mass is 19.4. The van der Waals surface area contributed by atoms with Gasteiger partial charge in [0.2, 0.25) is 0 Å². The number of halogens is 3. The zero-order chi connectivity index (χ0) is 23.8. The molecule has 0 radical (unpaired) electrons. The Kier molecular flexibility index (Phi) is 5.82. The molecule has 0 atom stereocenters. The van der Waals surface area contributed by atoms with E-state index in [0.29, 0.717) is 46.9 Å². The maximum Gasteiger partial charge on any atom is 0.453 e. The molecule has 11 nitrogen and oxygen atoms in total. The van der Waals surface area contributed by atoms with Gasteiger partial charge in [-0.15, -0.1) is 5.10 Å². The summed E-state index contributed by atoms with van der Waals surface area (Å²) in [7, 11) is 0. The van der Waals surface area contributed by atoms with Crippen LogP contribution in [0.4, 0.5) is 19.0 Å². The van der Waals surface area contributed by atoms with E-state index in [0.717, 1.165) is 4.52 Å². The molecule has 0 aliphatic heterocycles. The first-order chi connectivity index (χ1) is 15.6. The number of carbonyl (C=O) groups is 1. The summed E-state index contributed by atoms with van der Waals surface area (Å²) in [6.45, 7) is 3.98. The smallest absolute Gasteiger partial charge is 0.453 e. The van der Waals surface area contributed by atoms with Crippen LogP contribution in [0.15, 0.2) is 12.7 Å². The summed E-state index contributed by atoms with van der Waals surface area (Å²) in [5.74, 6) is -1.52. The molecule has 4 rings (SSSR count). The Labute approximate surface area is 184 Å². The lowest BCUT2D eigenvalue weighted by atomic mass is 10.1. The van der Waals surface area contributed by atoms with Crippen molar-refractivity contribution in [3.05, 3.63) is 35.4 Å². The van der Waals surface area contributed by atoms with Crippen molar-refractivity contribution in [1.82, 2.24) is 39.1 Å². The second kappa shape index (κ2) is 8.60. The molecule has 0 spiro atoms. The SMILES string of the molecule is Cc1nc2nc(C(F)(F)F)nn2c(C)c1CCC(=O)OCCCn1cnc2c(N)ncnc21. The number of anilines is 1. The number of nitrogens with zero attached hydrogens (tertiary/aromatic N) is 8. The van der Waals surface area contributed by atoms with Crippen LogP contribution in [0.1, 0.15) is 35.6 Å². The molecule has 2 N–H and O–H groups in total. The average molecular weight is 463 g/mol. The first-order valence-corrected chi connectivity index (χ1v) is 10.0. The van der Waals surface area contributed by atoms with Gasteiger partial charge in [-0.05, 0) is 32.3 Å². The summed E-state index contributed by atoms with van der Waals surface area (Å²) in [6.07, 6.45) is -0.876. The van der Waals surface area contributed by atoms with Crippen LogP contribution in [0, 0.1) is 13.8 Å². The average Bonchev–Trinajstić information content (AvgIpc) is 3.36. The van der Waals surface area contributed by atoms with Gasteiger partial charge >= 0.3 is 12.1 Å². The third-order valence-corrected chi connectivity index (χ3v) is 5.12. The lowest BCUT2D eigenvalue weighted by Crippen LogP contribution is -2.12. The Morgan fingerprint density at radius 2 is 1.97 bits per heavy atom. The molecule has 0 fully saturated rings. The maximum absolute atomic E-state index is 12.9. The largest absolute Gasteiger partial charge is 0.466 e. The number of alkyl halides is 3. The monoisotopic (exact) mass is 463 g/mol. The van der Waals surface area contributed by atoms with Crippen molar-refractivity contribution < 1.29 is 22.7 Å². The van der Waals surface area contributed by atoms with Gasteiger partial charge in [-0.2, -0.15) is 18.2 Å². The summed E-state index contributed by atoms with van der Waals surface area (Å²) >= 11 is 0. The van der Waals surface area contributed by atoms with Gasteiger partial charge in [-0.3, -0.25) is 4.79 Å². The number of rotatable bonds is 7. The molecule has 4 aromatic heterocycles. The lowest BCUT2D eigenvalue weighted by molar-refractivity contribution is -0.145.